The van der Waals surface area contributed by atoms with Gasteiger partial charge in [0.1, 0.15) is 0 Å². The highest BCUT2D eigenvalue weighted by molar-refractivity contribution is 5.76. The van der Waals surface area contributed by atoms with E-state index >= 15 is 0 Å². The Morgan fingerprint density at radius 1 is 1.48 bits per heavy atom. The van der Waals surface area contributed by atoms with Crippen LogP contribution in [-0.4, -0.2) is 36.7 Å². The molecule has 1 unspecified atom stereocenters. The molecule has 1 fully saturated rings. The Bertz CT molecular complexity index is 672. The second kappa shape index (κ2) is 6.54. The first-order chi connectivity index (χ1) is 11.0. The maximum atomic E-state index is 12.3. The third-order valence-corrected chi connectivity index (χ3v) is 4.50. The molecule has 2 heterocycles. The van der Waals surface area contributed by atoms with Crippen LogP contribution in [0.1, 0.15) is 36.6 Å². The monoisotopic (exact) mass is 317 g/mol. The fraction of sp³-hybridized carbons (Fsp3) is 0.562. The molecular formula is C16H23N5O2. The molecule has 2 aromatic heterocycles. The molecule has 1 atom stereocenters. The zero-order chi connectivity index (χ0) is 16.4. The molecule has 0 saturated heterocycles. The van der Waals surface area contributed by atoms with Crippen LogP contribution in [0.2, 0.25) is 0 Å². The number of nitrogens with one attached hydrogen (secondary N) is 1. The first-order valence-corrected chi connectivity index (χ1v) is 7.97. The summed E-state index contributed by atoms with van der Waals surface area (Å²) in [5, 5.41) is 21.1. The van der Waals surface area contributed by atoms with Crippen molar-refractivity contribution >= 4 is 5.91 Å². The second-order valence-corrected chi connectivity index (χ2v) is 6.32. The van der Waals surface area contributed by atoms with Crippen LogP contribution >= 0.6 is 0 Å². The lowest BCUT2D eigenvalue weighted by Gasteiger charge is -2.37. The van der Waals surface area contributed by atoms with Crippen LogP contribution in [0.4, 0.5) is 0 Å². The van der Waals surface area contributed by atoms with Crippen molar-refractivity contribution in [3.63, 3.8) is 0 Å². The number of nitrogens with zero attached hydrogens (tertiary/aromatic N) is 4. The zero-order valence-electron chi connectivity index (χ0n) is 13.5. The van der Waals surface area contributed by atoms with E-state index in [1.165, 1.54) is 0 Å². The number of carbonyl (C=O) groups excluding carboxylic acids is 1. The molecule has 0 aliphatic heterocycles. The van der Waals surface area contributed by atoms with Gasteiger partial charge in [0.25, 0.3) is 0 Å². The first kappa shape index (κ1) is 15.7. The lowest BCUT2D eigenvalue weighted by atomic mass is 9.75. The van der Waals surface area contributed by atoms with E-state index in [-0.39, 0.29) is 24.0 Å². The molecule has 1 saturated carbocycles. The van der Waals surface area contributed by atoms with Crippen LogP contribution in [0.15, 0.2) is 24.7 Å². The predicted octanol–water partition coefficient (Wildman–Crippen LogP) is 0.944. The smallest absolute Gasteiger partial charge is 0.222 e. The van der Waals surface area contributed by atoms with E-state index in [1.807, 2.05) is 30.9 Å². The van der Waals surface area contributed by atoms with Gasteiger partial charge in [0.2, 0.25) is 5.91 Å². The second-order valence-electron chi connectivity index (χ2n) is 6.32. The minimum Gasteiger partial charge on any atom is -0.393 e. The molecule has 2 N–H and O–H groups in total. The van der Waals surface area contributed by atoms with Crippen LogP contribution in [0.25, 0.3) is 0 Å². The van der Waals surface area contributed by atoms with Crippen LogP contribution in [-0.2, 0) is 18.4 Å². The number of aryl methyl sites for hydroxylation is 3. The van der Waals surface area contributed by atoms with Gasteiger partial charge in [-0.2, -0.15) is 10.2 Å². The Hall–Kier alpha value is -2.15. The standard InChI is InChI=1S/C16H23N5O2/c1-11-3-5-17-21(11)6-4-15(23)19-16(12-7-14(22)8-12)13-9-18-20(2)10-13/h3,5,9-10,12,14,16,22H,4,6-8H2,1-2H3,(H,19,23). The number of carbonyl (C=O) groups is 1. The van der Waals surface area contributed by atoms with Gasteiger partial charge < -0.3 is 10.4 Å². The molecular weight excluding hydrogens is 294 g/mol. The van der Waals surface area contributed by atoms with Crippen molar-refractivity contribution in [1.82, 2.24) is 24.9 Å². The molecule has 2 aromatic rings. The topological polar surface area (TPSA) is 85.0 Å². The third kappa shape index (κ3) is 3.61. The van der Waals surface area contributed by atoms with Crippen LogP contribution in [0, 0.1) is 12.8 Å². The van der Waals surface area contributed by atoms with Crippen LogP contribution < -0.4 is 5.32 Å². The van der Waals surface area contributed by atoms with Gasteiger partial charge in [0.15, 0.2) is 0 Å². The lowest BCUT2D eigenvalue weighted by Crippen LogP contribution is -2.41. The van der Waals surface area contributed by atoms with Crippen molar-refractivity contribution < 1.29 is 9.90 Å². The van der Waals surface area contributed by atoms with Crippen molar-refractivity contribution in [2.24, 2.45) is 13.0 Å². The molecule has 0 spiro atoms. The van der Waals surface area contributed by atoms with E-state index < -0.39 is 0 Å². The molecule has 1 amide bonds. The molecule has 0 bridgehead atoms. The molecule has 0 aromatic carbocycles. The first-order valence-electron chi connectivity index (χ1n) is 7.97. The summed E-state index contributed by atoms with van der Waals surface area (Å²) in [4.78, 5) is 12.3. The van der Waals surface area contributed by atoms with E-state index in [1.54, 1.807) is 17.1 Å². The maximum absolute atomic E-state index is 12.3. The highest BCUT2D eigenvalue weighted by Crippen LogP contribution is 2.37. The average Bonchev–Trinajstić information content (AvgIpc) is 3.08. The Morgan fingerprint density at radius 3 is 2.83 bits per heavy atom. The van der Waals surface area contributed by atoms with Gasteiger partial charge >= 0.3 is 0 Å². The maximum Gasteiger partial charge on any atom is 0.222 e. The van der Waals surface area contributed by atoms with Gasteiger partial charge in [0.05, 0.1) is 18.3 Å². The van der Waals surface area contributed by atoms with E-state index in [9.17, 15) is 9.90 Å². The van der Waals surface area contributed by atoms with Crippen LogP contribution in [0.5, 0.6) is 0 Å². The predicted molar refractivity (Wildman–Crippen MR) is 84.4 cm³/mol. The summed E-state index contributed by atoms with van der Waals surface area (Å²) in [6.07, 6.45) is 7.02. The Labute approximate surface area is 135 Å². The molecule has 124 valence electrons. The fourth-order valence-electron chi connectivity index (χ4n) is 3.06. The molecule has 7 nitrogen and oxygen atoms in total. The Kier molecular flexibility index (Phi) is 4.47. The number of hydrogen-bond donors (Lipinski definition) is 2. The van der Waals surface area contributed by atoms with E-state index in [0.29, 0.717) is 13.0 Å². The van der Waals surface area contributed by atoms with Gasteiger partial charge in [-0.1, -0.05) is 0 Å². The van der Waals surface area contributed by atoms with E-state index in [0.717, 1.165) is 24.1 Å². The van der Waals surface area contributed by atoms with Crippen molar-refractivity contribution in [3.05, 3.63) is 35.9 Å². The van der Waals surface area contributed by atoms with E-state index in [2.05, 4.69) is 15.5 Å². The summed E-state index contributed by atoms with van der Waals surface area (Å²) < 4.78 is 3.56. The quantitative estimate of drug-likeness (QED) is 0.830. The molecule has 7 heteroatoms. The van der Waals surface area contributed by atoms with E-state index in [4.69, 9.17) is 0 Å². The van der Waals surface area contributed by atoms with Crippen molar-refractivity contribution in [2.45, 2.75) is 44.9 Å². The SMILES string of the molecule is Cc1ccnn1CCC(=O)NC(c1cnn(C)c1)C1CC(O)C1. The van der Waals surface area contributed by atoms with Crippen LogP contribution in [0.3, 0.4) is 0 Å². The minimum absolute atomic E-state index is 0.00450. The summed E-state index contributed by atoms with van der Waals surface area (Å²) >= 11 is 0. The summed E-state index contributed by atoms with van der Waals surface area (Å²) in [7, 11) is 1.86. The Balaban J connectivity index is 1.61. The highest BCUT2D eigenvalue weighted by atomic mass is 16.3. The van der Waals surface area contributed by atoms with Crippen molar-refractivity contribution in [1.29, 1.82) is 0 Å². The van der Waals surface area contributed by atoms with Gasteiger partial charge in [-0.25, -0.2) is 0 Å². The molecule has 1 aliphatic rings. The normalized spacial score (nSPS) is 21.7. The average molecular weight is 317 g/mol. The van der Waals surface area contributed by atoms with Gasteiger partial charge in [-0.3, -0.25) is 14.2 Å². The fourth-order valence-corrected chi connectivity index (χ4v) is 3.06. The summed E-state index contributed by atoms with van der Waals surface area (Å²) in [5.74, 6) is 0.264. The Morgan fingerprint density at radius 2 is 2.26 bits per heavy atom. The number of hydrogen-bond acceptors (Lipinski definition) is 4. The zero-order valence-corrected chi connectivity index (χ0v) is 13.5. The third-order valence-electron chi connectivity index (χ3n) is 4.50. The molecule has 0 radical (unpaired) electrons. The molecule has 1 aliphatic carbocycles. The van der Waals surface area contributed by atoms with Gasteiger partial charge in [0, 0.05) is 43.7 Å². The highest BCUT2D eigenvalue weighted by Gasteiger charge is 2.36. The molecule has 23 heavy (non-hydrogen) atoms. The van der Waals surface area contributed by atoms with Crippen molar-refractivity contribution in [3.8, 4) is 0 Å². The summed E-state index contributed by atoms with van der Waals surface area (Å²) in [5.41, 5.74) is 2.04. The largest absolute Gasteiger partial charge is 0.393 e. The van der Waals surface area contributed by atoms with Gasteiger partial charge in [-0.15, -0.1) is 0 Å². The number of aromatic nitrogens is 4. The summed E-state index contributed by atoms with van der Waals surface area (Å²) in [6.45, 7) is 2.54. The lowest BCUT2D eigenvalue weighted by molar-refractivity contribution is -0.123. The van der Waals surface area contributed by atoms with Gasteiger partial charge in [-0.05, 0) is 31.7 Å². The summed E-state index contributed by atoms with van der Waals surface area (Å²) in [6, 6.07) is 1.84. The minimum atomic E-state index is -0.247. The number of rotatable bonds is 6. The number of aliphatic hydroxyl groups is 1. The number of amides is 1. The number of aliphatic hydroxyl groups excluding tert-OH is 1. The van der Waals surface area contributed by atoms with Crippen molar-refractivity contribution in [2.75, 3.05) is 0 Å². The molecule has 3 rings (SSSR count).